The topological polar surface area (TPSA) is 180 Å². The number of rotatable bonds is 8. The molecule has 0 bridgehead atoms. The average molecular weight is 638 g/mol. The zero-order valence-electron chi connectivity index (χ0n) is 23.5. The van der Waals surface area contributed by atoms with E-state index in [2.05, 4.69) is 30.6 Å². The summed E-state index contributed by atoms with van der Waals surface area (Å²) in [6.07, 6.45) is 7.10. The van der Waals surface area contributed by atoms with Crippen LogP contribution in [0.25, 0.3) is 0 Å². The van der Waals surface area contributed by atoms with Crippen LogP contribution >= 0.6 is 23.2 Å². The van der Waals surface area contributed by atoms with Crippen molar-refractivity contribution in [3.05, 3.63) is 71.0 Å². The van der Waals surface area contributed by atoms with Gasteiger partial charge in [-0.3, -0.25) is 9.59 Å². The standard InChI is InChI=1S/2C15H15ClN4O2/c16-9-1-5-12(6-2-9)22-13-8-18-15(17)20-14(13)19-10-3-4-11(21)7-10;16-9-4-6-10(7-5-9)22-13-8-18-15(17)20-14(13)19-11-2-1-3-12(11)21/h1-2,5-6,8,10H,3-4,7H2,(H3,17,18,19,20);4-8,11H,1-3H2,(H3,17,18,19,20). The van der Waals surface area contributed by atoms with Crippen LogP contribution in [-0.2, 0) is 9.59 Å². The van der Waals surface area contributed by atoms with Crippen molar-refractivity contribution in [3.8, 4) is 23.0 Å². The molecule has 0 radical (unpaired) electrons. The van der Waals surface area contributed by atoms with Crippen LogP contribution < -0.4 is 31.6 Å². The molecule has 14 heteroatoms. The Bertz CT molecular complexity index is 1620. The molecule has 2 aliphatic carbocycles. The van der Waals surface area contributed by atoms with Crippen molar-refractivity contribution in [1.29, 1.82) is 0 Å². The molecule has 2 aromatic heterocycles. The highest BCUT2D eigenvalue weighted by Crippen LogP contribution is 2.32. The molecule has 2 saturated carbocycles. The van der Waals surface area contributed by atoms with Gasteiger partial charge in [0.2, 0.25) is 11.9 Å². The normalized spacial score (nSPS) is 17.5. The third kappa shape index (κ3) is 8.45. The summed E-state index contributed by atoms with van der Waals surface area (Å²) < 4.78 is 11.5. The molecule has 2 atom stereocenters. The number of halogens is 2. The second-order valence-corrected chi connectivity index (χ2v) is 11.0. The Morgan fingerprint density at radius 3 is 1.70 bits per heavy atom. The van der Waals surface area contributed by atoms with Gasteiger partial charge in [0.1, 0.15) is 17.3 Å². The number of Topliss-reactive ketones (excluding diaryl/α,β-unsaturated/α-hetero) is 2. The molecule has 0 amide bonds. The maximum Gasteiger partial charge on any atom is 0.222 e. The van der Waals surface area contributed by atoms with E-state index < -0.39 is 0 Å². The number of ketones is 2. The highest BCUT2D eigenvalue weighted by atomic mass is 35.5. The van der Waals surface area contributed by atoms with Crippen LogP contribution in [0.2, 0.25) is 10.0 Å². The number of carbonyl (C=O) groups is 2. The molecule has 2 heterocycles. The van der Waals surface area contributed by atoms with Crippen molar-refractivity contribution in [3.63, 3.8) is 0 Å². The van der Waals surface area contributed by atoms with Crippen molar-refractivity contribution >= 4 is 58.3 Å². The second kappa shape index (κ2) is 14.2. The molecule has 2 aliphatic rings. The van der Waals surface area contributed by atoms with E-state index in [4.69, 9.17) is 44.1 Å². The van der Waals surface area contributed by atoms with E-state index in [1.807, 2.05) is 0 Å². The van der Waals surface area contributed by atoms with Gasteiger partial charge in [-0.2, -0.15) is 9.97 Å². The lowest BCUT2D eigenvalue weighted by Gasteiger charge is -2.15. The lowest BCUT2D eigenvalue weighted by molar-refractivity contribution is -0.118. The summed E-state index contributed by atoms with van der Waals surface area (Å²) in [7, 11) is 0. The van der Waals surface area contributed by atoms with Crippen LogP contribution in [0.1, 0.15) is 38.5 Å². The third-order valence-corrected chi connectivity index (χ3v) is 7.34. The summed E-state index contributed by atoms with van der Waals surface area (Å²) in [4.78, 5) is 39.4. The summed E-state index contributed by atoms with van der Waals surface area (Å²) in [6.45, 7) is 0. The van der Waals surface area contributed by atoms with Crippen LogP contribution in [0, 0.1) is 0 Å². The van der Waals surface area contributed by atoms with E-state index in [1.165, 1.54) is 12.4 Å². The number of nitrogen functional groups attached to an aromatic ring is 2. The fourth-order valence-electron chi connectivity index (χ4n) is 4.65. The number of nitrogens with zero attached hydrogens (tertiary/aromatic N) is 4. The van der Waals surface area contributed by atoms with Crippen LogP contribution in [0.4, 0.5) is 23.5 Å². The number of ether oxygens (including phenoxy) is 2. The first-order valence-corrected chi connectivity index (χ1v) is 14.7. The Morgan fingerprint density at radius 2 is 1.25 bits per heavy atom. The number of hydrogen-bond donors (Lipinski definition) is 4. The Labute approximate surface area is 263 Å². The molecule has 0 spiro atoms. The van der Waals surface area contributed by atoms with E-state index in [-0.39, 0.29) is 35.5 Å². The van der Waals surface area contributed by atoms with Crippen molar-refractivity contribution in [2.75, 3.05) is 22.1 Å². The second-order valence-electron chi connectivity index (χ2n) is 10.2. The lowest BCUT2D eigenvalue weighted by Crippen LogP contribution is -2.24. The van der Waals surface area contributed by atoms with E-state index in [9.17, 15) is 9.59 Å². The molecule has 6 rings (SSSR count). The van der Waals surface area contributed by atoms with E-state index in [0.717, 1.165) is 19.3 Å². The van der Waals surface area contributed by atoms with Crippen molar-refractivity contribution in [2.24, 2.45) is 0 Å². The highest BCUT2D eigenvalue weighted by Gasteiger charge is 2.26. The number of hydrogen-bond acceptors (Lipinski definition) is 12. The number of carbonyl (C=O) groups excluding carboxylic acids is 2. The SMILES string of the molecule is Nc1ncc(Oc2ccc(Cl)cc2)c(NC2CCC(=O)C2)n1.Nc1ncc(Oc2ccc(Cl)cc2)c(NC2CCCC2=O)n1. The van der Waals surface area contributed by atoms with E-state index in [1.54, 1.807) is 48.5 Å². The molecular formula is C30H30Cl2N8O4. The minimum absolute atomic E-state index is 0.0503. The number of aromatic nitrogens is 4. The van der Waals surface area contributed by atoms with Crippen LogP contribution in [-0.4, -0.2) is 43.6 Å². The molecule has 6 N–H and O–H groups in total. The van der Waals surface area contributed by atoms with Gasteiger partial charge in [-0.25, -0.2) is 9.97 Å². The summed E-state index contributed by atoms with van der Waals surface area (Å²) >= 11 is 11.7. The molecule has 2 fully saturated rings. The molecule has 2 aromatic carbocycles. The summed E-state index contributed by atoms with van der Waals surface area (Å²) in [5.74, 6) is 3.68. The average Bonchev–Trinajstić information content (AvgIpc) is 3.61. The molecule has 228 valence electrons. The maximum absolute atomic E-state index is 11.8. The Balaban J connectivity index is 0.000000175. The molecule has 0 saturated heterocycles. The largest absolute Gasteiger partial charge is 0.452 e. The number of nitrogens with one attached hydrogen (secondary N) is 2. The third-order valence-electron chi connectivity index (χ3n) is 6.83. The van der Waals surface area contributed by atoms with Gasteiger partial charge >= 0.3 is 0 Å². The smallest absolute Gasteiger partial charge is 0.222 e. The number of nitrogens with two attached hydrogens (primary N) is 2. The van der Waals surface area contributed by atoms with Gasteiger partial charge in [0, 0.05) is 35.3 Å². The molecule has 4 aromatic rings. The first-order chi connectivity index (χ1) is 21.2. The number of benzene rings is 2. The maximum atomic E-state index is 11.8. The number of anilines is 4. The quantitative estimate of drug-likeness (QED) is 0.175. The minimum atomic E-state index is -0.248. The van der Waals surface area contributed by atoms with Gasteiger partial charge in [0.15, 0.2) is 28.9 Å². The van der Waals surface area contributed by atoms with Gasteiger partial charge < -0.3 is 31.6 Å². The highest BCUT2D eigenvalue weighted by molar-refractivity contribution is 6.30. The van der Waals surface area contributed by atoms with Gasteiger partial charge in [0.05, 0.1) is 18.4 Å². The van der Waals surface area contributed by atoms with Gasteiger partial charge in [-0.05, 0) is 67.8 Å². The summed E-state index contributed by atoms with van der Waals surface area (Å²) in [5, 5.41) is 7.56. The minimum Gasteiger partial charge on any atom is -0.452 e. The molecule has 0 aliphatic heterocycles. The Kier molecular flexibility index (Phi) is 9.93. The lowest BCUT2D eigenvalue weighted by atomic mass is 10.2. The Hall–Kier alpha value is -4.68. The van der Waals surface area contributed by atoms with Crippen molar-refractivity contribution in [2.45, 2.75) is 50.6 Å². The van der Waals surface area contributed by atoms with Crippen LogP contribution in [0.15, 0.2) is 60.9 Å². The van der Waals surface area contributed by atoms with Crippen LogP contribution in [0.3, 0.4) is 0 Å². The summed E-state index contributed by atoms with van der Waals surface area (Å²) in [6, 6.07) is 13.7. The van der Waals surface area contributed by atoms with Gasteiger partial charge in [0.25, 0.3) is 0 Å². The zero-order valence-corrected chi connectivity index (χ0v) is 25.0. The van der Waals surface area contributed by atoms with Crippen molar-refractivity contribution in [1.82, 2.24) is 19.9 Å². The Morgan fingerprint density at radius 1 is 0.727 bits per heavy atom. The van der Waals surface area contributed by atoms with Crippen LogP contribution in [0.5, 0.6) is 23.0 Å². The van der Waals surface area contributed by atoms with E-state index >= 15 is 0 Å². The van der Waals surface area contributed by atoms with Gasteiger partial charge in [-0.1, -0.05) is 23.2 Å². The first-order valence-electron chi connectivity index (χ1n) is 13.9. The predicted octanol–water partition coefficient (Wildman–Crippen LogP) is 6.08. The van der Waals surface area contributed by atoms with E-state index in [0.29, 0.717) is 63.9 Å². The predicted molar refractivity (Wildman–Crippen MR) is 168 cm³/mol. The van der Waals surface area contributed by atoms with Gasteiger partial charge in [-0.15, -0.1) is 0 Å². The first kappa shape index (κ1) is 30.8. The fraction of sp³-hybridized carbons (Fsp3) is 0.267. The molecular weight excluding hydrogens is 607 g/mol. The van der Waals surface area contributed by atoms with Crippen molar-refractivity contribution < 1.29 is 19.1 Å². The molecule has 44 heavy (non-hydrogen) atoms. The zero-order chi connectivity index (χ0) is 31.1. The summed E-state index contributed by atoms with van der Waals surface area (Å²) in [5.41, 5.74) is 11.3. The fourth-order valence-corrected chi connectivity index (χ4v) is 4.90. The monoisotopic (exact) mass is 636 g/mol. The molecule has 2 unspecified atom stereocenters. The molecule has 12 nitrogen and oxygen atoms in total.